The Kier molecular flexibility index (Phi) is 4.42. The molecule has 5 nitrogen and oxygen atoms in total. The van der Waals surface area contributed by atoms with Crippen LogP contribution in [0.4, 0.5) is 14.5 Å². The molecule has 0 radical (unpaired) electrons. The maximum absolute atomic E-state index is 13.3. The van der Waals surface area contributed by atoms with E-state index in [0.29, 0.717) is 16.7 Å². The molecule has 0 aromatic carbocycles. The number of nitrogens with one attached hydrogen (secondary N) is 1. The van der Waals surface area contributed by atoms with E-state index in [1.54, 1.807) is 18.3 Å². The Morgan fingerprint density at radius 3 is 2.96 bits per heavy atom. The van der Waals surface area contributed by atoms with Gasteiger partial charge in [-0.1, -0.05) is 13.0 Å². The summed E-state index contributed by atoms with van der Waals surface area (Å²) >= 11 is 0. The third kappa shape index (κ3) is 3.06. The van der Waals surface area contributed by atoms with Gasteiger partial charge in [0.15, 0.2) is 0 Å². The average Bonchev–Trinajstić information content (AvgIpc) is 2.97. The van der Waals surface area contributed by atoms with E-state index >= 15 is 0 Å². The van der Waals surface area contributed by atoms with Crippen molar-refractivity contribution in [3.63, 3.8) is 0 Å². The minimum atomic E-state index is -2.80. The Bertz CT molecular complexity index is 798. The molecule has 1 N–H and O–H groups in total. The van der Waals surface area contributed by atoms with E-state index in [9.17, 15) is 13.6 Å². The molecule has 2 aromatic heterocycles. The number of hydrogen-bond donors (Lipinski definition) is 1. The number of halogens is 2. The number of nitrogens with zero attached hydrogens (tertiary/aromatic N) is 3. The summed E-state index contributed by atoms with van der Waals surface area (Å²) in [7, 11) is 0. The Labute approximate surface area is 138 Å². The first-order valence-corrected chi connectivity index (χ1v) is 7.77. The van der Waals surface area contributed by atoms with E-state index in [1.807, 2.05) is 19.9 Å². The number of alkyl halides is 2. The van der Waals surface area contributed by atoms with Gasteiger partial charge in [-0.25, -0.2) is 4.68 Å². The quantitative estimate of drug-likeness (QED) is 0.855. The lowest BCUT2D eigenvalue weighted by Gasteiger charge is -2.15. The number of fused-ring (bicyclic) bond motifs is 4. The second-order valence-corrected chi connectivity index (χ2v) is 5.91. The number of allylic oxidation sites excluding steroid dienone is 2. The molecule has 24 heavy (non-hydrogen) atoms. The highest BCUT2D eigenvalue weighted by Gasteiger charge is 2.22. The Morgan fingerprint density at radius 2 is 2.21 bits per heavy atom. The molecule has 0 aliphatic carbocycles. The van der Waals surface area contributed by atoms with Crippen molar-refractivity contribution in [1.29, 1.82) is 0 Å². The molecule has 1 aliphatic heterocycles. The summed E-state index contributed by atoms with van der Waals surface area (Å²) in [6.07, 6.45) is 6.27. The summed E-state index contributed by atoms with van der Waals surface area (Å²) in [4.78, 5) is 16.6. The van der Waals surface area contributed by atoms with Gasteiger partial charge in [-0.05, 0) is 37.5 Å². The number of anilines is 1. The first-order valence-electron chi connectivity index (χ1n) is 7.77. The number of aromatic nitrogens is 3. The molecule has 2 bridgehead atoms. The molecule has 0 saturated heterocycles. The van der Waals surface area contributed by atoms with Crippen LogP contribution in [0.15, 0.2) is 30.6 Å². The second kappa shape index (κ2) is 6.51. The summed E-state index contributed by atoms with van der Waals surface area (Å²) < 4.78 is 27.3. The van der Waals surface area contributed by atoms with Gasteiger partial charge in [0.2, 0.25) is 5.91 Å². The Balaban J connectivity index is 2.20. The normalized spacial score (nSPS) is 20.5. The maximum Gasteiger partial charge on any atom is 0.333 e. The van der Waals surface area contributed by atoms with Crippen LogP contribution in [0, 0.1) is 5.92 Å². The molecule has 7 heteroatoms. The smallest absolute Gasteiger partial charge is 0.323 e. The van der Waals surface area contributed by atoms with Crippen LogP contribution in [0.1, 0.15) is 38.9 Å². The lowest BCUT2D eigenvalue weighted by molar-refractivity contribution is -0.119. The number of pyridine rings is 1. The Morgan fingerprint density at radius 1 is 1.42 bits per heavy atom. The molecule has 2 aromatic rings. The largest absolute Gasteiger partial charge is 0.333 e. The number of hydrogen-bond acceptors (Lipinski definition) is 3. The maximum atomic E-state index is 13.3. The molecular formula is C17H18F2N4O. The summed E-state index contributed by atoms with van der Waals surface area (Å²) in [5.74, 6) is -0.437. The highest BCUT2D eigenvalue weighted by molar-refractivity contribution is 5.96. The van der Waals surface area contributed by atoms with Crippen molar-refractivity contribution in [2.45, 2.75) is 33.2 Å². The van der Waals surface area contributed by atoms with Gasteiger partial charge < -0.3 is 5.32 Å². The fourth-order valence-corrected chi connectivity index (χ4v) is 2.72. The van der Waals surface area contributed by atoms with E-state index in [4.69, 9.17) is 0 Å². The second-order valence-electron chi connectivity index (χ2n) is 5.91. The van der Waals surface area contributed by atoms with Crippen LogP contribution in [0.5, 0.6) is 0 Å². The molecule has 0 fully saturated rings. The monoisotopic (exact) mass is 332 g/mol. The van der Waals surface area contributed by atoms with Gasteiger partial charge in [0, 0.05) is 17.7 Å². The average molecular weight is 332 g/mol. The SMILES string of the molecule is C/C1=C/CCC(C)C(=O)Nc2cnn(C(F)F)c2-c2ccnc1c2. The van der Waals surface area contributed by atoms with Crippen molar-refractivity contribution in [2.24, 2.45) is 5.92 Å². The zero-order valence-corrected chi connectivity index (χ0v) is 13.5. The minimum Gasteiger partial charge on any atom is -0.323 e. The van der Waals surface area contributed by atoms with Crippen LogP contribution in [0.3, 0.4) is 0 Å². The van der Waals surface area contributed by atoms with Crippen molar-refractivity contribution in [3.05, 3.63) is 36.3 Å². The first-order chi connectivity index (χ1) is 11.5. The third-order valence-corrected chi connectivity index (χ3v) is 4.17. The van der Waals surface area contributed by atoms with E-state index in [-0.39, 0.29) is 23.2 Å². The molecule has 1 unspecified atom stereocenters. The highest BCUT2D eigenvalue weighted by Crippen LogP contribution is 2.33. The van der Waals surface area contributed by atoms with E-state index in [0.717, 1.165) is 17.7 Å². The molecule has 126 valence electrons. The van der Waals surface area contributed by atoms with Gasteiger partial charge >= 0.3 is 6.55 Å². The molecule has 1 aliphatic rings. The van der Waals surface area contributed by atoms with Gasteiger partial charge in [0.25, 0.3) is 0 Å². The number of amides is 1. The molecular weight excluding hydrogens is 314 g/mol. The summed E-state index contributed by atoms with van der Waals surface area (Å²) in [6.45, 7) is 0.941. The van der Waals surface area contributed by atoms with E-state index in [1.165, 1.54) is 6.20 Å². The molecule has 3 rings (SSSR count). The highest BCUT2D eigenvalue weighted by atomic mass is 19.3. The summed E-state index contributed by atoms with van der Waals surface area (Å²) in [5.41, 5.74) is 2.68. The van der Waals surface area contributed by atoms with Crippen molar-refractivity contribution in [3.8, 4) is 11.3 Å². The first kappa shape index (κ1) is 16.3. The van der Waals surface area contributed by atoms with Crippen molar-refractivity contribution < 1.29 is 13.6 Å². The number of carbonyl (C=O) groups is 1. The van der Waals surface area contributed by atoms with Crippen LogP contribution in [-0.2, 0) is 4.79 Å². The number of rotatable bonds is 1. The third-order valence-electron chi connectivity index (χ3n) is 4.17. The molecule has 0 saturated carbocycles. The van der Waals surface area contributed by atoms with Crippen LogP contribution >= 0.6 is 0 Å². The topological polar surface area (TPSA) is 59.8 Å². The zero-order chi connectivity index (χ0) is 17.3. The predicted octanol–water partition coefficient (Wildman–Crippen LogP) is 4.11. The van der Waals surface area contributed by atoms with Crippen LogP contribution in [0.2, 0.25) is 0 Å². The molecule has 0 spiro atoms. The Hall–Kier alpha value is -2.57. The van der Waals surface area contributed by atoms with Crippen molar-refractivity contribution in [1.82, 2.24) is 14.8 Å². The lowest BCUT2D eigenvalue weighted by Crippen LogP contribution is -2.20. The van der Waals surface area contributed by atoms with Crippen molar-refractivity contribution in [2.75, 3.05) is 5.32 Å². The van der Waals surface area contributed by atoms with Crippen LogP contribution in [-0.4, -0.2) is 20.7 Å². The summed E-state index contributed by atoms with van der Waals surface area (Å²) in [6, 6.07) is 3.37. The van der Waals surface area contributed by atoms with Gasteiger partial charge in [0.1, 0.15) is 0 Å². The fraction of sp³-hybridized carbons (Fsp3) is 0.353. The van der Waals surface area contributed by atoms with Gasteiger partial charge in [0.05, 0.1) is 23.3 Å². The van der Waals surface area contributed by atoms with Gasteiger partial charge in [-0.2, -0.15) is 13.9 Å². The number of carbonyl (C=O) groups excluding carboxylic acids is 1. The lowest BCUT2D eigenvalue weighted by atomic mass is 10.0. The fourth-order valence-electron chi connectivity index (χ4n) is 2.72. The molecule has 1 atom stereocenters. The van der Waals surface area contributed by atoms with E-state index in [2.05, 4.69) is 15.4 Å². The van der Waals surface area contributed by atoms with Gasteiger partial charge in [-0.15, -0.1) is 0 Å². The summed E-state index contributed by atoms with van der Waals surface area (Å²) in [5, 5.41) is 6.46. The van der Waals surface area contributed by atoms with Crippen LogP contribution < -0.4 is 5.32 Å². The van der Waals surface area contributed by atoms with Crippen LogP contribution in [0.25, 0.3) is 16.8 Å². The minimum absolute atomic E-state index is 0.183. The van der Waals surface area contributed by atoms with E-state index < -0.39 is 6.55 Å². The zero-order valence-electron chi connectivity index (χ0n) is 13.5. The predicted molar refractivity (Wildman–Crippen MR) is 87.4 cm³/mol. The van der Waals surface area contributed by atoms with Gasteiger partial charge in [-0.3, -0.25) is 9.78 Å². The van der Waals surface area contributed by atoms with Crippen molar-refractivity contribution >= 4 is 17.2 Å². The molecule has 3 heterocycles. The standard InChI is InChI=1S/C17H18F2N4O/c1-10-4-3-5-11(2)16(24)22-14-9-21-23(17(18)19)15(14)12-6-7-20-13(10)8-12/h4,6-9,11,17H,3,5H2,1-2H3,(H,22,24)/b10-4-. The molecule has 1 amide bonds.